The van der Waals surface area contributed by atoms with Crippen molar-refractivity contribution < 1.29 is 24.2 Å². The molecule has 2 unspecified atom stereocenters. The standard InChI is InChI=1S/C13H14FNO4/c1-7-9(13(18)19)4-5-15(7)12(17)10-6-8(14)2-3-11(10)16/h2-3,6-7,9,16H,4-5H2,1H3,(H,18,19). The van der Waals surface area contributed by atoms with Gasteiger partial charge >= 0.3 is 5.97 Å². The molecule has 1 aromatic carbocycles. The summed E-state index contributed by atoms with van der Waals surface area (Å²) in [6.45, 7) is 1.92. The highest BCUT2D eigenvalue weighted by atomic mass is 19.1. The predicted octanol–water partition coefficient (Wildman–Crippen LogP) is 1.47. The van der Waals surface area contributed by atoms with E-state index in [1.807, 2.05) is 0 Å². The second-order valence-corrected chi connectivity index (χ2v) is 4.63. The van der Waals surface area contributed by atoms with E-state index in [2.05, 4.69) is 0 Å². The van der Waals surface area contributed by atoms with Crippen LogP contribution in [0.1, 0.15) is 23.7 Å². The lowest BCUT2D eigenvalue weighted by Crippen LogP contribution is -2.37. The molecule has 2 rings (SSSR count). The number of carbonyl (C=O) groups excluding carboxylic acids is 1. The third-order valence-corrected chi connectivity index (χ3v) is 3.52. The van der Waals surface area contributed by atoms with Gasteiger partial charge in [0.1, 0.15) is 11.6 Å². The molecule has 102 valence electrons. The second kappa shape index (κ2) is 4.87. The number of hydrogen-bond donors (Lipinski definition) is 2. The molecular weight excluding hydrogens is 253 g/mol. The molecular formula is C13H14FNO4. The number of carboxylic acid groups (broad SMARTS) is 1. The van der Waals surface area contributed by atoms with Crippen molar-refractivity contribution in [1.29, 1.82) is 0 Å². The molecule has 0 saturated carbocycles. The van der Waals surface area contributed by atoms with Crippen LogP contribution in [0.2, 0.25) is 0 Å². The number of phenols is 1. The number of hydrogen-bond acceptors (Lipinski definition) is 3. The first-order valence-corrected chi connectivity index (χ1v) is 5.94. The second-order valence-electron chi connectivity index (χ2n) is 4.63. The van der Waals surface area contributed by atoms with Crippen LogP contribution in [0, 0.1) is 11.7 Å². The van der Waals surface area contributed by atoms with Gasteiger partial charge in [-0.05, 0) is 31.5 Å². The zero-order chi connectivity index (χ0) is 14.2. The van der Waals surface area contributed by atoms with E-state index in [0.29, 0.717) is 6.42 Å². The molecule has 1 amide bonds. The molecule has 19 heavy (non-hydrogen) atoms. The van der Waals surface area contributed by atoms with Crippen molar-refractivity contribution in [2.24, 2.45) is 5.92 Å². The lowest BCUT2D eigenvalue weighted by atomic mass is 10.0. The molecule has 1 aliphatic rings. The van der Waals surface area contributed by atoms with Gasteiger partial charge in [0.2, 0.25) is 0 Å². The number of likely N-dealkylation sites (tertiary alicyclic amines) is 1. The summed E-state index contributed by atoms with van der Waals surface area (Å²) < 4.78 is 13.1. The smallest absolute Gasteiger partial charge is 0.308 e. The van der Waals surface area contributed by atoms with Crippen molar-refractivity contribution in [2.75, 3.05) is 6.54 Å². The third-order valence-electron chi connectivity index (χ3n) is 3.52. The fraction of sp³-hybridized carbons (Fsp3) is 0.385. The van der Waals surface area contributed by atoms with Gasteiger partial charge in [0.25, 0.3) is 5.91 Å². The van der Waals surface area contributed by atoms with Gasteiger partial charge in [-0.15, -0.1) is 0 Å². The van der Waals surface area contributed by atoms with Crippen molar-refractivity contribution in [3.8, 4) is 5.75 Å². The zero-order valence-corrected chi connectivity index (χ0v) is 10.3. The van der Waals surface area contributed by atoms with Crippen molar-refractivity contribution in [1.82, 2.24) is 4.90 Å². The van der Waals surface area contributed by atoms with Gasteiger partial charge in [-0.2, -0.15) is 0 Å². The summed E-state index contributed by atoms with van der Waals surface area (Å²) in [5.41, 5.74) is -0.141. The molecule has 5 nitrogen and oxygen atoms in total. The van der Waals surface area contributed by atoms with Crippen LogP contribution in [0.3, 0.4) is 0 Å². The van der Waals surface area contributed by atoms with Gasteiger partial charge in [-0.25, -0.2) is 4.39 Å². The average Bonchev–Trinajstić information content (AvgIpc) is 2.73. The van der Waals surface area contributed by atoms with Crippen LogP contribution in [-0.4, -0.2) is 39.6 Å². The van der Waals surface area contributed by atoms with Crippen molar-refractivity contribution in [3.63, 3.8) is 0 Å². The molecule has 1 aromatic rings. The van der Waals surface area contributed by atoms with Crippen molar-refractivity contribution in [3.05, 3.63) is 29.6 Å². The first-order valence-electron chi connectivity index (χ1n) is 5.94. The molecule has 2 N–H and O–H groups in total. The lowest BCUT2D eigenvalue weighted by molar-refractivity contribution is -0.142. The predicted molar refractivity (Wildman–Crippen MR) is 64.3 cm³/mol. The monoisotopic (exact) mass is 267 g/mol. The minimum absolute atomic E-state index is 0.141. The SMILES string of the molecule is CC1C(C(=O)O)CCN1C(=O)c1cc(F)ccc1O. The number of benzene rings is 1. The van der Waals surface area contributed by atoms with Gasteiger partial charge in [0, 0.05) is 12.6 Å². The van der Waals surface area contributed by atoms with E-state index in [9.17, 15) is 19.1 Å². The van der Waals surface area contributed by atoms with Gasteiger partial charge in [-0.1, -0.05) is 0 Å². The molecule has 6 heteroatoms. The Kier molecular flexibility index (Phi) is 3.42. The Hall–Kier alpha value is -2.11. The molecule has 0 bridgehead atoms. The highest BCUT2D eigenvalue weighted by Gasteiger charge is 2.38. The van der Waals surface area contributed by atoms with Gasteiger partial charge in [0.05, 0.1) is 11.5 Å². The third kappa shape index (κ3) is 2.38. The Balaban J connectivity index is 2.26. The summed E-state index contributed by atoms with van der Waals surface area (Å²) in [6, 6.07) is 2.64. The summed E-state index contributed by atoms with van der Waals surface area (Å²) in [5, 5.41) is 18.6. The first kappa shape index (κ1) is 13.3. The number of aliphatic carboxylic acids is 1. The quantitative estimate of drug-likeness (QED) is 0.850. The fourth-order valence-corrected chi connectivity index (χ4v) is 2.39. The van der Waals surface area contributed by atoms with Crippen LogP contribution < -0.4 is 0 Å². The molecule has 1 aliphatic heterocycles. The molecule has 0 spiro atoms. The van der Waals surface area contributed by atoms with Crippen LogP contribution in [0.5, 0.6) is 5.75 Å². The van der Waals surface area contributed by atoms with E-state index in [4.69, 9.17) is 5.11 Å². The Morgan fingerprint density at radius 2 is 2.11 bits per heavy atom. The maximum absolute atomic E-state index is 13.1. The van der Waals surface area contributed by atoms with Crippen molar-refractivity contribution >= 4 is 11.9 Å². The number of halogens is 1. The Labute approximate surface area is 109 Å². The first-order chi connectivity index (χ1) is 8.91. The number of carboxylic acids is 1. The summed E-state index contributed by atoms with van der Waals surface area (Å²) in [6.07, 6.45) is 0.359. The minimum atomic E-state index is -0.953. The molecule has 0 aromatic heterocycles. The van der Waals surface area contributed by atoms with Crippen LogP contribution in [-0.2, 0) is 4.79 Å². The Bertz CT molecular complexity index is 531. The highest BCUT2D eigenvalue weighted by Crippen LogP contribution is 2.28. The number of aromatic hydroxyl groups is 1. The van der Waals surface area contributed by atoms with E-state index in [1.165, 1.54) is 4.90 Å². The minimum Gasteiger partial charge on any atom is -0.507 e. The Morgan fingerprint density at radius 3 is 2.68 bits per heavy atom. The summed E-state index contributed by atoms with van der Waals surface area (Å²) in [5.74, 6) is -3.06. The summed E-state index contributed by atoms with van der Waals surface area (Å²) in [7, 11) is 0. The normalized spacial score (nSPS) is 22.5. The fourth-order valence-electron chi connectivity index (χ4n) is 2.39. The largest absolute Gasteiger partial charge is 0.507 e. The number of rotatable bonds is 2. The van der Waals surface area contributed by atoms with Gasteiger partial charge in [-0.3, -0.25) is 9.59 Å². The Morgan fingerprint density at radius 1 is 1.42 bits per heavy atom. The average molecular weight is 267 g/mol. The maximum atomic E-state index is 13.1. The molecule has 2 atom stereocenters. The van der Waals surface area contributed by atoms with E-state index < -0.39 is 29.7 Å². The van der Waals surface area contributed by atoms with Crippen LogP contribution >= 0.6 is 0 Å². The van der Waals surface area contributed by atoms with E-state index >= 15 is 0 Å². The summed E-state index contributed by atoms with van der Waals surface area (Å²) >= 11 is 0. The topological polar surface area (TPSA) is 77.8 Å². The molecule has 0 radical (unpaired) electrons. The van der Waals surface area contributed by atoms with Gasteiger partial charge in [0.15, 0.2) is 0 Å². The maximum Gasteiger partial charge on any atom is 0.308 e. The van der Waals surface area contributed by atoms with E-state index in [1.54, 1.807) is 6.92 Å². The van der Waals surface area contributed by atoms with Crippen LogP contribution in [0.15, 0.2) is 18.2 Å². The van der Waals surface area contributed by atoms with Gasteiger partial charge < -0.3 is 15.1 Å². The number of phenolic OH excluding ortho intramolecular Hbond substituents is 1. The molecule has 1 saturated heterocycles. The van der Waals surface area contributed by atoms with E-state index in [0.717, 1.165) is 18.2 Å². The molecule has 1 heterocycles. The van der Waals surface area contributed by atoms with E-state index in [-0.39, 0.29) is 17.9 Å². The lowest BCUT2D eigenvalue weighted by Gasteiger charge is -2.23. The van der Waals surface area contributed by atoms with Crippen LogP contribution in [0.4, 0.5) is 4.39 Å². The molecule has 0 aliphatic carbocycles. The number of carbonyl (C=O) groups is 2. The highest BCUT2D eigenvalue weighted by molar-refractivity contribution is 5.97. The zero-order valence-electron chi connectivity index (χ0n) is 10.3. The number of amides is 1. The van der Waals surface area contributed by atoms with Crippen molar-refractivity contribution in [2.45, 2.75) is 19.4 Å². The number of nitrogens with zero attached hydrogens (tertiary/aromatic N) is 1. The van der Waals surface area contributed by atoms with Crippen LogP contribution in [0.25, 0.3) is 0 Å². The summed E-state index contributed by atoms with van der Waals surface area (Å²) in [4.78, 5) is 24.5. The molecule has 1 fully saturated rings.